The molecule has 3 rings (SSSR count). The van der Waals surface area contributed by atoms with Crippen LogP contribution in [0.25, 0.3) is 0 Å². The van der Waals surface area contributed by atoms with E-state index in [2.05, 4.69) is 15.5 Å². The van der Waals surface area contributed by atoms with Crippen molar-refractivity contribution in [1.82, 2.24) is 14.9 Å². The van der Waals surface area contributed by atoms with Gasteiger partial charge in [0, 0.05) is 0 Å². The standard InChI is InChI=1S/C19H18F3N5O2S/c1-2-29-14-11-7-6-10-13(14)24-16(28)15(12-8-4-3-5-9-12)30-18-26-25-17(27(18)23)19(20,21)22/h3-11,15H,2,23H2,1H3,(H,24,28)/t15-/m1/s1. The van der Waals surface area contributed by atoms with E-state index in [0.29, 0.717) is 28.3 Å². The van der Waals surface area contributed by atoms with Crippen molar-refractivity contribution in [1.29, 1.82) is 0 Å². The number of nitrogens with zero attached hydrogens (tertiary/aromatic N) is 3. The van der Waals surface area contributed by atoms with Crippen molar-refractivity contribution >= 4 is 23.4 Å². The number of nitrogens with one attached hydrogen (secondary N) is 1. The molecule has 2 aromatic carbocycles. The predicted molar refractivity (Wildman–Crippen MR) is 106 cm³/mol. The number of nitrogen functional groups attached to an aromatic ring is 1. The SMILES string of the molecule is CCOc1ccccc1NC(=O)[C@H](Sc1nnc(C(F)(F)F)n1N)c1ccccc1. The molecule has 0 radical (unpaired) electrons. The maximum Gasteiger partial charge on any atom is 0.453 e. The summed E-state index contributed by atoms with van der Waals surface area (Å²) in [6.07, 6.45) is -4.76. The minimum Gasteiger partial charge on any atom is -0.492 e. The number of nitrogens with two attached hydrogens (primary N) is 1. The van der Waals surface area contributed by atoms with Gasteiger partial charge in [-0.2, -0.15) is 13.2 Å². The third kappa shape index (κ3) is 4.85. The number of thioether (sulfide) groups is 1. The molecule has 3 aromatic rings. The molecule has 0 fully saturated rings. The molecule has 11 heteroatoms. The lowest BCUT2D eigenvalue weighted by molar-refractivity contribution is -0.146. The number of rotatable bonds is 7. The Morgan fingerprint density at radius 2 is 1.83 bits per heavy atom. The number of benzene rings is 2. The smallest absolute Gasteiger partial charge is 0.453 e. The minimum atomic E-state index is -4.76. The molecule has 0 unspecified atom stereocenters. The molecule has 0 aliphatic rings. The Morgan fingerprint density at radius 1 is 1.17 bits per heavy atom. The number of aromatic nitrogens is 3. The number of carbonyl (C=O) groups is 1. The second-order valence-electron chi connectivity index (χ2n) is 6.00. The van der Waals surface area contributed by atoms with E-state index in [0.717, 1.165) is 11.8 Å². The quantitative estimate of drug-likeness (QED) is 0.430. The zero-order valence-corrected chi connectivity index (χ0v) is 16.6. The first-order valence-electron chi connectivity index (χ1n) is 8.83. The first-order chi connectivity index (χ1) is 14.3. The van der Waals surface area contributed by atoms with Gasteiger partial charge in [0.25, 0.3) is 5.82 Å². The Balaban J connectivity index is 1.91. The van der Waals surface area contributed by atoms with Crippen molar-refractivity contribution in [3.8, 4) is 5.75 Å². The summed E-state index contributed by atoms with van der Waals surface area (Å²) < 4.78 is 44.8. The Labute approximate surface area is 174 Å². The van der Waals surface area contributed by atoms with Gasteiger partial charge in [-0.25, -0.2) is 4.68 Å². The molecular formula is C19H18F3N5O2S. The molecule has 1 amide bonds. The van der Waals surface area contributed by atoms with Crippen LogP contribution in [0.1, 0.15) is 23.6 Å². The molecule has 0 saturated carbocycles. The zero-order valence-electron chi connectivity index (χ0n) is 15.8. The summed E-state index contributed by atoms with van der Waals surface area (Å²) in [7, 11) is 0. The minimum absolute atomic E-state index is 0.246. The van der Waals surface area contributed by atoms with E-state index in [1.807, 2.05) is 6.92 Å². The van der Waals surface area contributed by atoms with Crippen molar-refractivity contribution in [2.45, 2.75) is 23.5 Å². The summed E-state index contributed by atoms with van der Waals surface area (Å²) in [5.74, 6) is 4.18. The molecule has 1 atom stereocenters. The first-order valence-corrected chi connectivity index (χ1v) is 9.71. The van der Waals surface area contributed by atoms with Crippen molar-refractivity contribution in [3.63, 3.8) is 0 Å². The molecule has 158 valence electrons. The van der Waals surface area contributed by atoms with E-state index < -0.39 is 23.2 Å². The second kappa shape index (κ2) is 9.08. The zero-order chi connectivity index (χ0) is 21.7. The highest BCUT2D eigenvalue weighted by atomic mass is 32.2. The lowest BCUT2D eigenvalue weighted by Gasteiger charge is -2.18. The Bertz CT molecular complexity index is 1010. The number of halogens is 3. The van der Waals surface area contributed by atoms with Crippen LogP contribution in [-0.4, -0.2) is 27.4 Å². The van der Waals surface area contributed by atoms with Gasteiger partial charge in [0.15, 0.2) is 0 Å². The van der Waals surface area contributed by atoms with Gasteiger partial charge in [-0.15, -0.1) is 10.2 Å². The number of amides is 1. The predicted octanol–water partition coefficient (Wildman–Crippen LogP) is 3.88. The highest BCUT2D eigenvalue weighted by molar-refractivity contribution is 8.00. The van der Waals surface area contributed by atoms with Crippen LogP contribution >= 0.6 is 11.8 Å². The van der Waals surface area contributed by atoms with Crippen LogP contribution in [0, 0.1) is 0 Å². The molecule has 0 spiro atoms. The molecule has 0 aliphatic heterocycles. The van der Waals surface area contributed by atoms with Crippen molar-refractivity contribution in [2.75, 3.05) is 17.8 Å². The molecule has 1 heterocycles. The van der Waals surface area contributed by atoms with Crippen LogP contribution in [0.5, 0.6) is 5.75 Å². The van der Waals surface area contributed by atoms with Gasteiger partial charge < -0.3 is 15.9 Å². The number of hydrogen-bond acceptors (Lipinski definition) is 6. The summed E-state index contributed by atoms with van der Waals surface area (Å²) in [6, 6.07) is 15.5. The van der Waals surface area contributed by atoms with Crippen LogP contribution < -0.4 is 15.9 Å². The van der Waals surface area contributed by atoms with Crippen LogP contribution in [0.4, 0.5) is 18.9 Å². The molecule has 0 saturated heterocycles. The van der Waals surface area contributed by atoms with Gasteiger partial charge in [-0.3, -0.25) is 4.79 Å². The summed E-state index contributed by atoms with van der Waals surface area (Å²) >= 11 is 0.763. The topological polar surface area (TPSA) is 95.1 Å². The molecule has 7 nitrogen and oxygen atoms in total. The van der Waals surface area contributed by atoms with E-state index in [-0.39, 0.29) is 5.16 Å². The number of para-hydroxylation sites is 2. The normalized spacial score (nSPS) is 12.4. The molecule has 3 N–H and O–H groups in total. The number of anilines is 1. The highest BCUT2D eigenvalue weighted by Gasteiger charge is 2.39. The largest absolute Gasteiger partial charge is 0.492 e. The van der Waals surface area contributed by atoms with Gasteiger partial charge in [-0.05, 0) is 24.6 Å². The molecule has 1 aromatic heterocycles. The molecule has 0 aliphatic carbocycles. The summed E-state index contributed by atoms with van der Waals surface area (Å²) in [5.41, 5.74) is 1.00. The summed E-state index contributed by atoms with van der Waals surface area (Å²) in [4.78, 5) is 13.1. The van der Waals surface area contributed by atoms with Crippen molar-refractivity contribution in [2.24, 2.45) is 0 Å². The van der Waals surface area contributed by atoms with Crippen LogP contribution in [-0.2, 0) is 11.0 Å². The Kier molecular flexibility index (Phi) is 6.50. The third-order valence-electron chi connectivity index (χ3n) is 3.93. The fraction of sp³-hybridized carbons (Fsp3) is 0.211. The van der Waals surface area contributed by atoms with E-state index in [4.69, 9.17) is 10.6 Å². The van der Waals surface area contributed by atoms with Crippen LogP contribution in [0.2, 0.25) is 0 Å². The fourth-order valence-electron chi connectivity index (χ4n) is 2.61. The second-order valence-corrected chi connectivity index (χ2v) is 7.07. The van der Waals surface area contributed by atoms with Crippen LogP contribution in [0.3, 0.4) is 0 Å². The van der Waals surface area contributed by atoms with Gasteiger partial charge >= 0.3 is 6.18 Å². The van der Waals surface area contributed by atoms with E-state index >= 15 is 0 Å². The lowest BCUT2D eigenvalue weighted by atomic mass is 10.1. The average Bonchev–Trinajstić information content (AvgIpc) is 3.09. The average molecular weight is 437 g/mol. The number of ether oxygens (including phenoxy) is 1. The monoisotopic (exact) mass is 437 g/mol. The van der Waals surface area contributed by atoms with Gasteiger partial charge in [0.05, 0.1) is 12.3 Å². The van der Waals surface area contributed by atoms with Crippen molar-refractivity contribution < 1.29 is 22.7 Å². The van der Waals surface area contributed by atoms with E-state index in [1.165, 1.54) is 0 Å². The number of alkyl halides is 3. The number of hydrogen-bond donors (Lipinski definition) is 2. The number of carbonyl (C=O) groups excluding carboxylic acids is 1. The Hall–Kier alpha value is -3.21. The first kappa shape index (κ1) is 21.5. The highest BCUT2D eigenvalue weighted by Crippen LogP contribution is 2.37. The summed E-state index contributed by atoms with van der Waals surface area (Å²) in [6.45, 7) is 2.22. The van der Waals surface area contributed by atoms with Gasteiger partial charge in [-0.1, -0.05) is 54.2 Å². The maximum absolute atomic E-state index is 13.1. The molecule has 30 heavy (non-hydrogen) atoms. The van der Waals surface area contributed by atoms with E-state index in [1.54, 1.807) is 54.6 Å². The molecular weight excluding hydrogens is 419 g/mol. The fourth-order valence-corrected chi connectivity index (χ4v) is 3.56. The molecule has 0 bridgehead atoms. The lowest BCUT2D eigenvalue weighted by Crippen LogP contribution is -2.23. The Morgan fingerprint density at radius 3 is 2.47 bits per heavy atom. The van der Waals surface area contributed by atoms with Crippen LogP contribution in [0.15, 0.2) is 59.8 Å². The van der Waals surface area contributed by atoms with E-state index in [9.17, 15) is 18.0 Å². The van der Waals surface area contributed by atoms with Gasteiger partial charge in [0.2, 0.25) is 11.1 Å². The van der Waals surface area contributed by atoms with Gasteiger partial charge in [0.1, 0.15) is 11.0 Å². The van der Waals surface area contributed by atoms with Crippen molar-refractivity contribution in [3.05, 3.63) is 66.0 Å². The maximum atomic E-state index is 13.1. The summed E-state index contributed by atoms with van der Waals surface area (Å²) in [5, 5.41) is 8.20. The third-order valence-corrected chi connectivity index (χ3v) is 5.14.